The van der Waals surface area contributed by atoms with Crippen LogP contribution in [0.25, 0.3) is 16.7 Å². The number of imidazole rings is 1. The maximum absolute atomic E-state index is 13.0. The average Bonchev–Trinajstić information content (AvgIpc) is 3.40. The molecule has 1 saturated carbocycles. The first-order valence-electron chi connectivity index (χ1n) is 10.7. The van der Waals surface area contributed by atoms with E-state index in [9.17, 15) is 18.0 Å². The van der Waals surface area contributed by atoms with Crippen LogP contribution in [0.2, 0.25) is 0 Å². The Balaban J connectivity index is 1.23. The minimum absolute atomic E-state index is 0.0136. The zero-order chi connectivity index (χ0) is 23.2. The number of H-pyrrole nitrogens is 1. The molecule has 0 saturated heterocycles. The number of aryl methyl sites for hydroxylation is 1. The molecule has 11 heteroatoms. The fraction of sp³-hybridized carbons (Fsp3) is 0.364. The lowest BCUT2D eigenvalue weighted by Gasteiger charge is -2.30. The standard InChI is InChI=1S/C22H22F3N7O/c1-12-19-20(31-30-12)15(9-10-26-19)21(33)28-14-7-5-13(6-8-14)27-17-3-2-4-18-29-16(11-32(17)18)22(23,24)25/h2-4,9-11,13-14,27H,5-8H2,1H3,(H,28,33)(H,30,31). The maximum atomic E-state index is 13.0. The zero-order valence-corrected chi connectivity index (χ0v) is 17.8. The molecule has 1 amide bonds. The summed E-state index contributed by atoms with van der Waals surface area (Å²) in [5, 5.41) is 13.5. The van der Waals surface area contributed by atoms with Gasteiger partial charge in [0.25, 0.3) is 5.91 Å². The number of amides is 1. The number of halogens is 3. The summed E-state index contributed by atoms with van der Waals surface area (Å²) in [5.41, 5.74) is 1.84. The van der Waals surface area contributed by atoms with E-state index in [0.717, 1.165) is 37.6 Å². The van der Waals surface area contributed by atoms with Crippen LogP contribution in [-0.4, -0.2) is 42.6 Å². The molecule has 172 valence electrons. The molecule has 0 atom stereocenters. The molecule has 0 spiro atoms. The summed E-state index contributed by atoms with van der Waals surface area (Å²) in [6, 6.07) is 6.73. The molecule has 0 unspecified atom stereocenters. The van der Waals surface area contributed by atoms with Crippen molar-refractivity contribution in [1.29, 1.82) is 0 Å². The summed E-state index contributed by atoms with van der Waals surface area (Å²) in [7, 11) is 0. The number of carbonyl (C=O) groups excluding carboxylic acids is 1. The predicted octanol–water partition coefficient (Wildman–Crippen LogP) is 4.09. The summed E-state index contributed by atoms with van der Waals surface area (Å²) in [6.07, 6.45) is 1.17. The molecule has 5 rings (SSSR count). The fourth-order valence-corrected chi connectivity index (χ4v) is 4.34. The number of aromatic nitrogens is 5. The number of aromatic amines is 1. The molecular weight excluding hydrogens is 435 g/mol. The van der Waals surface area contributed by atoms with Crippen molar-refractivity contribution in [3.63, 3.8) is 0 Å². The lowest BCUT2D eigenvalue weighted by molar-refractivity contribution is -0.140. The van der Waals surface area contributed by atoms with Gasteiger partial charge in [0.15, 0.2) is 5.69 Å². The van der Waals surface area contributed by atoms with Crippen LogP contribution in [0.15, 0.2) is 36.7 Å². The summed E-state index contributed by atoms with van der Waals surface area (Å²) in [5.74, 6) is 0.379. The van der Waals surface area contributed by atoms with Crippen LogP contribution in [0, 0.1) is 6.92 Å². The van der Waals surface area contributed by atoms with Crippen LogP contribution >= 0.6 is 0 Å². The number of anilines is 1. The first-order chi connectivity index (χ1) is 15.8. The Bertz CT molecular complexity index is 1320. The van der Waals surface area contributed by atoms with Crippen molar-refractivity contribution in [3.8, 4) is 0 Å². The number of hydrogen-bond acceptors (Lipinski definition) is 5. The second-order valence-electron chi connectivity index (χ2n) is 8.33. The summed E-state index contributed by atoms with van der Waals surface area (Å²) >= 11 is 0. The van der Waals surface area contributed by atoms with Crippen molar-refractivity contribution in [3.05, 3.63) is 53.6 Å². The largest absolute Gasteiger partial charge is 0.434 e. The first-order valence-corrected chi connectivity index (χ1v) is 10.7. The minimum Gasteiger partial charge on any atom is -0.368 e. The van der Waals surface area contributed by atoms with Crippen molar-refractivity contribution in [2.75, 3.05) is 5.32 Å². The van der Waals surface area contributed by atoms with E-state index in [-0.39, 0.29) is 23.6 Å². The van der Waals surface area contributed by atoms with Gasteiger partial charge in [-0.25, -0.2) is 4.98 Å². The molecule has 33 heavy (non-hydrogen) atoms. The summed E-state index contributed by atoms with van der Waals surface area (Å²) < 4.78 is 40.5. The molecule has 4 heterocycles. The average molecular weight is 457 g/mol. The van der Waals surface area contributed by atoms with Crippen LogP contribution < -0.4 is 10.6 Å². The third-order valence-electron chi connectivity index (χ3n) is 6.06. The highest BCUT2D eigenvalue weighted by Gasteiger charge is 2.34. The zero-order valence-electron chi connectivity index (χ0n) is 17.8. The van der Waals surface area contributed by atoms with Crippen molar-refractivity contribution in [2.24, 2.45) is 0 Å². The van der Waals surface area contributed by atoms with Crippen molar-refractivity contribution in [2.45, 2.75) is 50.9 Å². The predicted molar refractivity (Wildman–Crippen MR) is 116 cm³/mol. The van der Waals surface area contributed by atoms with Gasteiger partial charge in [-0.1, -0.05) is 6.07 Å². The van der Waals surface area contributed by atoms with Crippen molar-refractivity contribution >= 4 is 28.4 Å². The van der Waals surface area contributed by atoms with Gasteiger partial charge >= 0.3 is 6.18 Å². The number of hydrogen-bond donors (Lipinski definition) is 3. The molecule has 0 radical (unpaired) electrons. The minimum atomic E-state index is -4.49. The van der Waals surface area contributed by atoms with E-state index in [0.29, 0.717) is 22.4 Å². The Kier molecular flexibility index (Phi) is 5.18. The molecule has 0 aliphatic heterocycles. The highest BCUT2D eigenvalue weighted by atomic mass is 19.4. The van der Waals surface area contributed by atoms with Crippen LogP contribution in [0.5, 0.6) is 0 Å². The van der Waals surface area contributed by atoms with Crippen molar-refractivity contribution in [1.82, 2.24) is 29.9 Å². The van der Waals surface area contributed by atoms with Crippen molar-refractivity contribution < 1.29 is 18.0 Å². The normalized spacial score (nSPS) is 19.2. The van der Waals surface area contributed by atoms with Gasteiger partial charge in [-0.05, 0) is 50.8 Å². The van der Waals surface area contributed by atoms with Gasteiger partial charge in [0.1, 0.15) is 22.5 Å². The number of rotatable bonds is 4. The molecule has 1 aliphatic rings. The van der Waals surface area contributed by atoms with Crippen LogP contribution in [-0.2, 0) is 6.18 Å². The molecule has 0 aromatic carbocycles. The Hall–Kier alpha value is -3.63. The number of carbonyl (C=O) groups is 1. The highest BCUT2D eigenvalue weighted by molar-refractivity contribution is 6.05. The number of alkyl halides is 3. The fourth-order valence-electron chi connectivity index (χ4n) is 4.34. The highest BCUT2D eigenvalue weighted by Crippen LogP contribution is 2.30. The molecule has 4 aromatic heterocycles. The van der Waals surface area contributed by atoms with Gasteiger partial charge in [0.2, 0.25) is 0 Å². The second kappa shape index (κ2) is 8.05. The van der Waals surface area contributed by atoms with Crippen LogP contribution in [0.4, 0.5) is 19.0 Å². The molecule has 1 fully saturated rings. The third-order valence-corrected chi connectivity index (χ3v) is 6.06. The number of nitrogens with one attached hydrogen (secondary N) is 3. The van der Waals surface area contributed by atoms with Crippen LogP contribution in [0.3, 0.4) is 0 Å². The van der Waals surface area contributed by atoms with Crippen LogP contribution in [0.1, 0.15) is 47.4 Å². The number of fused-ring (bicyclic) bond motifs is 2. The lowest BCUT2D eigenvalue weighted by Crippen LogP contribution is -2.40. The van der Waals surface area contributed by atoms with Gasteiger partial charge in [0.05, 0.1) is 11.3 Å². The third kappa shape index (κ3) is 4.10. The van der Waals surface area contributed by atoms with E-state index in [2.05, 4.69) is 30.8 Å². The first kappa shape index (κ1) is 21.2. The van der Waals surface area contributed by atoms with E-state index in [4.69, 9.17) is 0 Å². The van der Waals surface area contributed by atoms with Gasteiger partial charge in [-0.15, -0.1) is 0 Å². The summed E-state index contributed by atoms with van der Waals surface area (Å²) in [6.45, 7) is 1.85. The van der Waals surface area contributed by atoms with E-state index in [1.54, 1.807) is 30.5 Å². The molecular formula is C22H22F3N7O. The van der Waals surface area contributed by atoms with Gasteiger partial charge in [-0.3, -0.25) is 19.3 Å². The Morgan fingerprint density at radius 1 is 1.12 bits per heavy atom. The Morgan fingerprint density at radius 2 is 1.88 bits per heavy atom. The van der Waals surface area contributed by atoms with Gasteiger partial charge in [0, 0.05) is 24.5 Å². The van der Waals surface area contributed by atoms with E-state index in [1.807, 2.05) is 6.92 Å². The number of nitrogens with zero attached hydrogens (tertiary/aromatic N) is 4. The Labute approximate surface area is 186 Å². The van der Waals surface area contributed by atoms with E-state index in [1.165, 1.54) is 4.40 Å². The maximum Gasteiger partial charge on any atom is 0.434 e. The van der Waals surface area contributed by atoms with E-state index < -0.39 is 11.9 Å². The molecule has 4 aromatic rings. The SMILES string of the molecule is Cc1[nH]nc2c(C(=O)NC3CCC(Nc4cccc5nc(C(F)(F)F)cn45)CC3)ccnc12. The molecule has 3 N–H and O–H groups in total. The quantitative estimate of drug-likeness (QED) is 0.429. The van der Waals surface area contributed by atoms with E-state index >= 15 is 0 Å². The van der Waals surface area contributed by atoms with Gasteiger partial charge < -0.3 is 10.6 Å². The monoisotopic (exact) mass is 457 g/mol. The smallest absolute Gasteiger partial charge is 0.368 e. The lowest BCUT2D eigenvalue weighted by atomic mass is 9.91. The number of pyridine rings is 2. The molecule has 8 nitrogen and oxygen atoms in total. The Morgan fingerprint density at radius 3 is 2.64 bits per heavy atom. The topological polar surface area (TPSA) is 100 Å². The second-order valence-corrected chi connectivity index (χ2v) is 8.33. The van der Waals surface area contributed by atoms with Gasteiger partial charge in [-0.2, -0.15) is 18.3 Å². The molecule has 0 bridgehead atoms. The summed E-state index contributed by atoms with van der Waals surface area (Å²) in [4.78, 5) is 20.8. The molecule has 1 aliphatic carbocycles.